The molecule has 18 nitrogen and oxygen atoms in total. The van der Waals surface area contributed by atoms with Gasteiger partial charge in [0, 0.05) is 55.9 Å². The van der Waals surface area contributed by atoms with Crippen LogP contribution >= 0.6 is 0 Å². The zero-order valence-electron chi connectivity index (χ0n) is 50.2. The normalized spacial score (nSPS) is 19.2. The first kappa shape index (κ1) is 78.7. The lowest BCUT2D eigenvalue weighted by atomic mass is 9.88. The minimum absolute atomic E-state index is 0.0104. The molecule has 1 aliphatic rings. The van der Waals surface area contributed by atoms with Gasteiger partial charge in [-0.25, -0.2) is 0 Å². The van der Waals surface area contributed by atoms with Crippen molar-refractivity contribution in [2.45, 2.75) is 211 Å². The van der Waals surface area contributed by atoms with E-state index < -0.39 is 73.1 Å². The molecule has 0 saturated heterocycles. The van der Waals surface area contributed by atoms with Crippen molar-refractivity contribution >= 4 is 17.5 Å². The first-order valence-corrected chi connectivity index (χ1v) is 29.5. The van der Waals surface area contributed by atoms with Crippen LogP contribution in [0.2, 0.25) is 0 Å². The molecule has 0 spiro atoms. The average molecular weight is 1180 g/mol. The van der Waals surface area contributed by atoms with Crippen LogP contribution in [0.15, 0.2) is 157 Å². The Morgan fingerprint density at radius 2 is 0.988 bits per heavy atom. The Balaban J connectivity index is 0.00000165. The van der Waals surface area contributed by atoms with Crippen LogP contribution in [0.4, 0.5) is 0 Å². The summed E-state index contributed by atoms with van der Waals surface area (Å²) in [5.74, 6) is -1.53. The number of unbranched alkanes of at least 4 members (excludes halogenated alkanes) is 1. The van der Waals surface area contributed by atoms with Crippen LogP contribution in [0.1, 0.15) is 137 Å². The van der Waals surface area contributed by atoms with Gasteiger partial charge in [0.25, 0.3) is 0 Å². The number of nitrogens with one attached hydrogen (secondary N) is 1. The van der Waals surface area contributed by atoms with Crippen molar-refractivity contribution in [3.05, 3.63) is 157 Å². The molecule has 0 aliphatic heterocycles. The average Bonchev–Trinajstić information content (AvgIpc) is 3.87. The van der Waals surface area contributed by atoms with Gasteiger partial charge in [-0.05, 0) is 84.1 Å². The number of aliphatic hydroxyl groups excluding tert-OH is 13. The SMILES string of the molecule is CC(C)C(=O)CC(O)CC(O)CC(O)/C=C/CC(O)CC(O)CC(O)CC(O)/C=C/CC(O)CC(O)CCCN.CC(O)C/C=C/C=C/C=C/C=C/C=C/C(O)C(C)C(O)C(C)/C=C/CC/C=C/C=C/C=C/C=C/C(=O)NC1=C(O)CCC1=O. The second-order valence-corrected chi connectivity index (χ2v) is 21.8. The Kier molecular flexibility index (Phi) is 45.8. The summed E-state index contributed by atoms with van der Waals surface area (Å²) in [5.41, 5.74) is 5.38. The smallest absolute Gasteiger partial charge is 0.248 e. The molecule has 474 valence electrons. The highest BCUT2D eigenvalue weighted by atomic mass is 16.3. The Morgan fingerprint density at radius 3 is 1.51 bits per heavy atom. The van der Waals surface area contributed by atoms with E-state index in [0.717, 1.165) is 12.8 Å². The predicted molar refractivity (Wildman–Crippen MR) is 331 cm³/mol. The number of carbonyl (C=O) groups excluding carboxylic acids is 3. The van der Waals surface area contributed by atoms with Gasteiger partial charge < -0.3 is 77.4 Å². The Labute approximate surface area is 499 Å². The van der Waals surface area contributed by atoms with Gasteiger partial charge in [-0.2, -0.15) is 0 Å². The number of rotatable bonds is 43. The molecule has 1 amide bonds. The van der Waals surface area contributed by atoms with Crippen molar-refractivity contribution in [1.29, 1.82) is 0 Å². The standard InChI is InChI=1S/C37H49NO6.C29H55NO10/c1-29(37(44)31(3)32(40)25-21-17-13-9-6-8-12-16-20-24-30(2)39)23-19-15-11-7-4-5-10-14-18-22-26-35(43)38-36-33(41)27-28-34(36)42;1-19(2)29(40)18-28(39)17-27(38)15-23(34)9-4-8-22(33)14-26(37)16-25(36)13-21(32)7-3-6-20(31)12-24(35)10-5-11-30/h4-10,12-14,16-23,25-26,29-32,37,39-41,44H,11,15,24,27-28H2,1-3H3,(H,38,43);3-4,7,9,19-28,31-39H,5-6,8,10-18,30H2,1-2H3/b7-4+,9-6+,10-5+,12-8+,17-13+,18-14+,20-16+,23-19+,25-21+,26-22+;7-3+,9-4+. The van der Waals surface area contributed by atoms with Gasteiger partial charge in [0.2, 0.25) is 5.91 Å². The van der Waals surface area contributed by atoms with Gasteiger partial charge in [-0.3, -0.25) is 14.4 Å². The monoisotopic (exact) mass is 1180 g/mol. The number of amides is 1. The summed E-state index contributed by atoms with van der Waals surface area (Å²) in [7, 11) is 0. The van der Waals surface area contributed by atoms with Gasteiger partial charge >= 0.3 is 0 Å². The molecule has 1 aliphatic carbocycles. The predicted octanol–water partition coefficient (Wildman–Crippen LogP) is 6.16. The summed E-state index contributed by atoms with van der Waals surface area (Å²) in [5, 5.41) is 132. The lowest BCUT2D eigenvalue weighted by Gasteiger charge is -2.25. The Morgan fingerprint density at radius 1 is 0.512 bits per heavy atom. The zero-order valence-corrected chi connectivity index (χ0v) is 50.2. The topological polar surface area (TPSA) is 352 Å². The molecule has 0 heterocycles. The summed E-state index contributed by atoms with van der Waals surface area (Å²) >= 11 is 0. The number of nitrogens with two attached hydrogens (primary N) is 1. The second-order valence-electron chi connectivity index (χ2n) is 21.8. The molecular formula is C66H104N2O16. The molecule has 0 aromatic rings. The number of allylic oxidation sites excluding steroid dienone is 18. The van der Waals surface area contributed by atoms with E-state index in [4.69, 9.17) is 5.73 Å². The molecule has 0 saturated carbocycles. The van der Waals surface area contributed by atoms with E-state index in [-0.39, 0.29) is 118 Å². The molecule has 14 atom stereocenters. The molecule has 0 aromatic carbocycles. The molecule has 0 radical (unpaired) electrons. The van der Waals surface area contributed by atoms with Gasteiger partial charge in [-0.15, -0.1) is 0 Å². The van der Waals surface area contributed by atoms with Gasteiger partial charge in [0.05, 0.1) is 73.2 Å². The highest BCUT2D eigenvalue weighted by Crippen LogP contribution is 2.21. The van der Waals surface area contributed by atoms with E-state index in [1.807, 2.05) is 98.9 Å². The number of hydrogen-bond donors (Lipinski definition) is 15. The van der Waals surface area contributed by atoms with Crippen LogP contribution in [-0.2, 0) is 14.4 Å². The lowest BCUT2D eigenvalue weighted by Crippen LogP contribution is -2.32. The second kappa shape index (κ2) is 48.9. The van der Waals surface area contributed by atoms with Crippen molar-refractivity contribution in [2.75, 3.05) is 6.54 Å². The Bertz CT molecular complexity index is 2200. The lowest BCUT2D eigenvalue weighted by molar-refractivity contribution is -0.124. The van der Waals surface area contributed by atoms with E-state index in [0.29, 0.717) is 25.8 Å². The number of ketones is 2. The fourth-order valence-electron chi connectivity index (χ4n) is 8.17. The van der Waals surface area contributed by atoms with Crippen molar-refractivity contribution < 1.29 is 80.8 Å². The van der Waals surface area contributed by atoms with Gasteiger partial charge in [-0.1, -0.05) is 167 Å². The molecular weight excluding hydrogens is 1080 g/mol. The number of hydrogen-bond acceptors (Lipinski definition) is 17. The van der Waals surface area contributed by atoms with Crippen LogP contribution in [0.3, 0.4) is 0 Å². The van der Waals surface area contributed by atoms with Crippen LogP contribution in [-0.4, -0.2) is 164 Å². The van der Waals surface area contributed by atoms with Crippen LogP contribution in [0.25, 0.3) is 0 Å². The minimum Gasteiger partial charge on any atom is -0.510 e. The minimum atomic E-state index is -1.02. The zero-order chi connectivity index (χ0) is 63.2. The number of carbonyl (C=O) groups is 3. The van der Waals surface area contributed by atoms with E-state index >= 15 is 0 Å². The highest BCUT2D eigenvalue weighted by molar-refractivity contribution is 6.03. The largest absolute Gasteiger partial charge is 0.510 e. The fourth-order valence-corrected chi connectivity index (χ4v) is 8.17. The van der Waals surface area contributed by atoms with Crippen LogP contribution in [0.5, 0.6) is 0 Å². The molecule has 18 heteroatoms. The molecule has 0 fully saturated rings. The van der Waals surface area contributed by atoms with E-state index in [1.54, 1.807) is 57.2 Å². The molecule has 84 heavy (non-hydrogen) atoms. The summed E-state index contributed by atoms with van der Waals surface area (Å²) < 4.78 is 0. The van der Waals surface area contributed by atoms with E-state index in [1.165, 1.54) is 24.3 Å². The first-order valence-electron chi connectivity index (χ1n) is 29.5. The molecule has 14 unspecified atom stereocenters. The van der Waals surface area contributed by atoms with E-state index in [9.17, 15) is 80.8 Å². The maximum Gasteiger partial charge on any atom is 0.248 e. The summed E-state index contributed by atoms with van der Waals surface area (Å²) in [4.78, 5) is 35.0. The molecule has 0 bridgehead atoms. The number of Topliss-reactive ketones (excluding diaryl/α,β-unsaturated/α-hetero) is 2. The van der Waals surface area contributed by atoms with Gasteiger partial charge in [0.1, 0.15) is 17.2 Å². The third kappa shape index (κ3) is 43.4. The van der Waals surface area contributed by atoms with Crippen LogP contribution in [0, 0.1) is 17.8 Å². The fraction of sp³-hybridized carbons (Fsp3) is 0.561. The van der Waals surface area contributed by atoms with E-state index in [2.05, 4.69) is 5.32 Å². The first-order chi connectivity index (χ1) is 39.9. The summed E-state index contributed by atoms with van der Waals surface area (Å²) in [6.45, 7) is 9.45. The van der Waals surface area contributed by atoms with Crippen molar-refractivity contribution in [1.82, 2.24) is 5.32 Å². The Hall–Kier alpha value is -5.29. The van der Waals surface area contributed by atoms with Crippen molar-refractivity contribution in [2.24, 2.45) is 23.5 Å². The quantitative estimate of drug-likeness (QED) is 0.0141. The third-order valence-corrected chi connectivity index (χ3v) is 13.2. The maximum absolute atomic E-state index is 11.8. The van der Waals surface area contributed by atoms with Crippen molar-refractivity contribution in [3.63, 3.8) is 0 Å². The third-order valence-electron chi connectivity index (χ3n) is 13.2. The highest BCUT2D eigenvalue weighted by Gasteiger charge is 2.26. The maximum atomic E-state index is 11.8. The summed E-state index contributed by atoms with van der Waals surface area (Å²) in [6.07, 6.45) is 36.5. The molecule has 16 N–H and O–H groups in total. The molecule has 0 aromatic heterocycles. The van der Waals surface area contributed by atoms with Crippen molar-refractivity contribution in [3.8, 4) is 0 Å². The number of aliphatic hydroxyl groups is 13. The molecule has 1 rings (SSSR count). The summed E-state index contributed by atoms with van der Waals surface area (Å²) in [6, 6.07) is 0. The van der Waals surface area contributed by atoms with Crippen LogP contribution < -0.4 is 11.1 Å². The van der Waals surface area contributed by atoms with Gasteiger partial charge in [0.15, 0.2) is 5.78 Å².